The van der Waals surface area contributed by atoms with Crippen LogP contribution in [0.3, 0.4) is 0 Å². The summed E-state index contributed by atoms with van der Waals surface area (Å²) in [6, 6.07) is 11.1. The van der Waals surface area contributed by atoms with Gasteiger partial charge in [0.1, 0.15) is 12.4 Å². The van der Waals surface area contributed by atoms with Gasteiger partial charge < -0.3 is 14.5 Å². The van der Waals surface area contributed by atoms with Crippen molar-refractivity contribution in [2.75, 3.05) is 18.5 Å². The Morgan fingerprint density at radius 3 is 2.31 bits per heavy atom. The van der Waals surface area contributed by atoms with Gasteiger partial charge in [-0.3, -0.25) is 15.2 Å². The van der Waals surface area contributed by atoms with Crippen LogP contribution in [0.25, 0.3) is 5.57 Å². The van der Waals surface area contributed by atoms with Crippen LogP contribution in [-0.2, 0) is 11.3 Å². The van der Waals surface area contributed by atoms with Gasteiger partial charge >= 0.3 is 0 Å². The molecule has 10 heteroatoms. The minimum atomic E-state index is -1.27. The van der Waals surface area contributed by atoms with E-state index in [0.29, 0.717) is 23.4 Å². The Bertz CT molecular complexity index is 1060. The number of anilines is 1. The van der Waals surface area contributed by atoms with E-state index in [9.17, 15) is 8.78 Å². The molecule has 1 fully saturated rings. The molecule has 0 unspecified atom stereocenters. The summed E-state index contributed by atoms with van der Waals surface area (Å²) in [7, 11) is 1.81. The molecule has 7 nitrogen and oxygen atoms in total. The molecule has 0 spiro atoms. The van der Waals surface area contributed by atoms with Crippen molar-refractivity contribution in [3.8, 4) is 5.75 Å². The number of halogens is 2. The van der Waals surface area contributed by atoms with Gasteiger partial charge in [0.05, 0.1) is 5.03 Å². The van der Waals surface area contributed by atoms with Crippen LogP contribution in [0.4, 0.5) is 14.5 Å². The predicted octanol–water partition coefficient (Wildman–Crippen LogP) is 7.06. The average molecular weight is 523 g/mol. The Morgan fingerprint density at radius 1 is 1.17 bits per heavy atom. The topological polar surface area (TPSA) is 94.4 Å². The van der Waals surface area contributed by atoms with E-state index in [1.807, 2.05) is 43.3 Å². The van der Waals surface area contributed by atoms with Crippen LogP contribution in [0.2, 0.25) is 0 Å². The van der Waals surface area contributed by atoms with Crippen molar-refractivity contribution in [1.82, 2.24) is 4.72 Å². The monoisotopic (exact) mass is 522 g/mol. The third-order valence-corrected chi connectivity index (χ3v) is 6.37. The maximum absolute atomic E-state index is 14.4. The zero-order chi connectivity index (χ0) is 26.5. The Hall–Kier alpha value is -2.89. The molecule has 1 aliphatic heterocycles. The Labute approximate surface area is 214 Å². The molecule has 2 aromatic rings. The second-order valence-corrected chi connectivity index (χ2v) is 8.70. The van der Waals surface area contributed by atoms with Gasteiger partial charge in [-0.05, 0) is 49.7 Å². The van der Waals surface area contributed by atoms with Crippen LogP contribution in [-0.4, -0.2) is 29.4 Å². The molecule has 36 heavy (non-hydrogen) atoms. The fourth-order valence-electron chi connectivity index (χ4n) is 3.48. The molecule has 0 saturated heterocycles. The number of rotatable bonds is 8. The standard InChI is InChI=1S/C22H22F2N2O3S.C4H8.H2O2/c1-4-15-16-11-19(29-27)22(24)21(23)17(16)13-28-18(15)12-20(30-25-3)26(5-2)14-9-7-6-8-10-14;1-2-4-3-1;1-2/h4,6-12,25,27H,1,5,13H2,2-3H3;1-4H2;1-2H/b20-12-;;. The molecule has 0 bridgehead atoms. The van der Waals surface area contributed by atoms with Gasteiger partial charge in [0.2, 0.25) is 11.6 Å². The molecule has 0 radical (unpaired) electrons. The maximum Gasteiger partial charge on any atom is 0.205 e. The molecule has 1 heterocycles. The van der Waals surface area contributed by atoms with Gasteiger partial charge in [0.15, 0.2) is 5.82 Å². The fourth-order valence-corrected chi connectivity index (χ4v) is 4.20. The summed E-state index contributed by atoms with van der Waals surface area (Å²) >= 11 is 1.39. The van der Waals surface area contributed by atoms with Gasteiger partial charge in [-0.1, -0.05) is 56.5 Å². The molecule has 0 atom stereocenters. The first-order valence-electron chi connectivity index (χ1n) is 11.5. The number of para-hydroxylation sites is 1. The van der Waals surface area contributed by atoms with Crippen LogP contribution in [0.1, 0.15) is 43.7 Å². The van der Waals surface area contributed by atoms with Crippen molar-refractivity contribution >= 4 is 23.2 Å². The van der Waals surface area contributed by atoms with Crippen LogP contribution in [0.5, 0.6) is 5.75 Å². The SMILES string of the molecule is C1CCC1.C=CC1=C(/C=C(\SNC)N(CC)c2ccccc2)OCc2c1cc(OO)c(F)c2F.OO. The normalized spacial score (nSPS) is 14.1. The minimum absolute atomic E-state index is 0.0403. The third kappa shape index (κ3) is 7.08. The lowest BCUT2D eigenvalue weighted by Gasteiger charge is -2.27. The van der Waals surface area contributed by atoms with Gasteiger partial charge in [0, 0.05) is 29.4 Å². The van der Waals surface area contributed by atoms with Crippen LogP contribution in [0, 0.1) is 11.6 Å². The number of fused-ring (bicyclic) bond motifs is 1. The molecular formula is C26H32F2N2O5S. The van der Waals surface area contributed by atoms with Crippen molar-refractivity contribution in [3.05, 3.63) is 88.7 Å². The number of nitrogens with zero attached hydrogens (tertiary/aromatic N) is 1. The van der Waals surface area contributed by atoms with E-state index in [4.69, 9.17) is 20.5 Å². The first-order chi connectivity index (χ1) is 17.5. The average Bonchev–Trinajstić information content (AvgIpc) is 2.87. The van der Waals surface area contributed by atoms with Crippen molar-refractivity contribution in [2.45, 2.75) is 39.2 Å². The number of allylic oxidation sites excluding steroid dienone is 3. The Kier molecular flexibility index (Phi) is 12.4. The lowest BCUT2D eigenvalue weighted by molar-refractivity contribution is -0.176. The van der Waals surface area contributed by atoms with Gasteiger partial charge in [-0.2, -0.15) is 4.39 Å². The molecule has 2 aliphatic rings. The first kappa shape index (κ1) is 29.3. The molecule has 4 N–H and O–H groups in total. The summed E-state index contributed by atoms with van der Waals surface area (Å²) in [5, 5.41) is 21.7. The summed E-state index contributed by atoms with van der Waals surface area (Å²) in [6.45, 7) is 6.35. The Balaban J connectivity index is 0.000000677. The van der Waals surface area contributed by atoms with E-state index >= 15 is 0 Å². The summed E-state index contributed by atoms with van der Waals surface area (Å²) in [4.78, 5) is 6.09. The van der Waals surface area contributed by atoms with Crippen molar-refractivity contribution in [2.24, 2.45) is 0 Å². The minimum Gasteiger partial charge on any atom is -0.488 e. The van der Waals surface area contributed by atoms with Crippen molar-refractivity contribution < 1.29 is 34.2 Å². The molecule has 0 aromatic heterocycles. The summed E-state index contributed by atoms with van der Waals surface area (Å²) in [5.74, 6) is -2.54. The summed E-state index contributed by atoms with van der Waals surface area (Å²) < 4.78 is 37.2. The predicted molar refractivity (Wildman–Crippen MR) is 139 cm³/mol. The highest BCUT2D eigenvalue weighted by atomic mass is 32.2. The van der Waals surface area contributed by atoms with Crippen LogP contribution >= 0.6 is 11.9 Å². The summed E-state index contributed by atoms with van der Waals surface area (Å²) in [6.07, 6.45) is 9.32. The molecule has 0 amide bonds. The van der Waals surface area contributed by atoms with E-state index in [-0.39, 0.29) is 12.2 Å². The second kappa shape index (κ2) is 15.3. The number of hydrogen-bond acceptors (Lipinski definition) is 8. The molecular weight excluding hydrogens is 490 g/mol. The van der Waals surface area contributed by atoms with Crippen LogP contribution < -0.4 is 14.5 Å². The highest BCUT2D eigenvalue weighted by molar-refractivity contribution is 8.01. The maximum atomic E-state index is 14.4. The molecule has 1 saturated carbocycles. The number of benzene rings is 2. The highest BCUT2D eigenvalue weighted by Gasteiger charge is 2.27. The van der Waals surface area contributed by atoms with E-state index in [1.165, 1.54) is 49.8 Å². The van der Waals surface area contributed by atoms with Gasteiger partial charge in [-0.15, -0.1) is 0 Å². The smallest absolute Gasteiger partial charge is 0.205 e. The molecule has 4 rings (SSSR count). The zero-order valence-corrected chi connectivity index (χ0v) is 21.2. The number of ether oxygens (including phenoxy) is 1. The number of nitrogens with one attached hydrogen (secondary N) is 1. The third-order valence-electron chi connectivity index (χ3n) is 5.62. The molecule has 2 aromatic carbocycles. The molecule has 1 aliphatic carbocycles. The largest absolute Gasteiger partial charge is 0.488 e. The zero-order valence-electron chi connectivity index (χ0n) is 20.3. The quantitative estimate of drug-likeness (QED) is 0.166. The van der Waals surface area contributed by atoms with E-state index in [1.54, 1.807) is 7.05 Å². The lowest BCUT2D eigenvalue weighted by atomic mass is 9.95. The number of hydrogen-bond donors (Lipinski definition) is 4. The van der Waals surface area contributed by atoms with Crippen molar-refractivity contribution in [3.63, 3.8) is 0 Å². The van der Waals surface area contributed by atoms with Crippen molar-refractivity contribution in [1.29, 1.82) is 0 Å². The molecule has 196 valence electrons. The van der Waals surface area contributed by atoms with Gasteiger partial charge in [0.25, 0.3) is 0 Å². The summed E-state index contributed by atoms with van der Waals surface area (Å²) in [5.41, 5.74) is 1.85. The fraction of sp³-hybridized carbons (Fsp3) is 0.308. The first-order valence-corrected chi connectivity index (χ1v) is 12.3. The van der Waals surface area contributed by atoms with E-state index in [2.05, 4.69) is 21.1 Å². The van der Waals surface area contributed by atoms with Gasteiger partial charge in [-0.25, -0.2) is 9.65 Å². The lowest BCUT2D eigenvalue weighted by Crippen LogP contribution is -2.22. The van der Waals surface area contributed by atoms with E-state index < -0.39 is 17.4 Å². The highest BCUT2D eigenvalue weighted by Crippen LogP contribution is 2.38. The Morgan fingerprint density at radius 2 is 1.81 bits per heavy atom. The van der Waals surface area contributed by atoms with E-state index in [0.717, 1.165) is 10.7 Å². The van der Waals surface area contributed by atoms with Crippen LogP contribution in [0.15, 0.2) is 65.9 Å². The second-order valence-electron chi connectivity index (χ2n) is 7.67.